The summed E-state index contributed by atoms with van der Waals surface area (Å²) >= 11 is 0. The van der Waals surface area contributed by atoms with Crippen molar-refractivity contribution < 1.29 is 9.90 Å². The Labute approximate surface area is 252 Å². The number of likely N-dealkylation sites (tertiary alicyclic amines) is 1. The molecule has 2 aliphatic rings. The summed E-state index contributed by atoms with van der Waals surface area (Å²) < 4.78 is 1.73. The molecule has 9 nitrogen and oxygen atoms in total. The predicted molar refractivity (Wildman–Crippen MR) is 168 cm³/mol. The van der Waals surface area contributed by atoms with Gasteiger partial charge < -0.3 is 10.4 Å². The van der Waals surface area contributed by atoms with Crippen molar-refractivity contribution in [2.75, 3.05) is 18.4 Å². The molecular weight excluding hydrogens is 540 g/mol. The number of aliphatic hydroxyl groups excluding tert-OH is 1. The zero-order valence-corrected chi connectivity index (χ0v) is 25.2. The predicted octanol–water partition coefficient (Wildman–Crippen LogP) is 5.99. The molecule has 2 N–H and O–H groups in total. The van der Waals surface area contributed by atoms with Gasteiger partial charge in [0.15, 0.2) is 5.78 Å². The van der Waals surface area contributed by atoms with Crippen molar-refractivity contribution in [3.8, 4) is 0 Å². The van der Waals surface area contributed by atoms with Crippen LogP contribution in [-0.2, 0) is 6.54 Å². The second kappa shape index (κ2) is 12.3. The van der Waals surface area contributed by atoms with Gasteiger partial charge in [-0.3, -0.25) is 19.1 Å². The number of ketones is 1. The van der Waals surface area contributed by atoms with E-state index in [-0.39, 0.29) is 22.9 Å². The van der Waals surface area contributed by atoms with Gasteiger partial charge in [-0.05, 0) is 93.8 Å². The summed E-state index contributed by atoms with van der Waals surface area (Å²) in [5.41, 5.74) is 4.63. The number of pyridine rings is 2. The molecule has 224 valence electrons. The quantitative estimate of drug-likeness (QED) is 0.245. The van der Waals surface area contributed by atoms with Gasteiger partial charge in [-0.2, -0.15) is 4.98 Å². The van der Waals surface area contributed by atoms with E-state index in [4.69, 9.17) is 4.98 Å². The molecule has 2 fully saturated rings. The number of hydrogen-bond acceptors (Lipinski definition) is 8. The van der Waals surface area contributed by atoms with Crippen LogP contribution < -0.4 is 10.9 Å². The Balaban J connectivity index is 1.14. The number of piperidine rings is 1. The van der Waals surface area contributed by atoms with E-state index < -0.39 is 6.10 Å². The van der Waals surface area contributed by atoms with Crippen molar-refractivity contribution >= 4 is 28.6 Å². The van der Waals surface area contributed by atoms with Crippen LogP contribution in [0.5, 0.6) is 0 Å². The number of Topliss-reactive ketones (excluding diaryl/α,β-unsaturated/α-hetero) is 1. The zero-order chi connectivity index (χ0) is 30.1. The van der Waals surface area contributed by atoms with Crippen LogP contribution >= 0.6 is 0 Å². The number of aryl methyl sites for hydroxylation is 1. The van der Waals surface area contributed by atoms with E-state index in [1.54, 1.807) is 24.6 Å². The first-order valence-corrected chi connectivity index (χ1v) is 15.4. The monoisotopic (exact) mass is 580 g/mol. The molecule has 9 heteroatoms. The lowest BCUT2D eigenvalue weighted by atomic mass is 9.90. The smallest absolute Gasteiger partial charge is 0.263 e. The number of carbonyl (C=O) groups is 1. The van der Waals surface area contributed by atoms with Crippen molar-refractivity contribution in [1.82, 2.24) is 24.4 Å². The number of carbonyl (C=O) groups excluding carboxylic acids is 1. The number of aliphatic hydroxyl groups is 1. The SMILES string of the molecule is CC(=O)c1c(C)c2cnc(Nc3ccc(C4CCN(Cc5ccc([C@@H](C)O)cc5)CC4)cn3)nc2n(C2CCCC2)c1=O. The minimum absolute atomic E-state index is 0.0379. The Kier molecular flexibility index (Phi) is 8.36. The summed E-state index contributed by atoms with van der Waals surface area (Å²) in [5, 5.41) is 13.7. The van der Waals surface area contributed by atoms with Gasteiger partial charge in [0.1, 0.15) is 11.5 Å². The molecular formula is C34H40N6O3. The fourth-order valence-corrected chi connectivity index (χ4v) is 6.73. The molecule has 6 rings (SSSR count). The summed E-state index contributed by atoms with van der Waals surface area (Å²) in [4.78, 5) is 42.3. The third-order valence-electron chi connectivity index (χ3n) is 9.20. The van der Waals surface area contributed by atoms with Gasteiger partial charge in [-0.25, -0.2) is 9.97 Å². The number of benzene rings is 1. The third-order valence-corrected chi connectivity index (χ3v) is 9.20. The van der Waals surface area contributed by atoms with Gasteiger partial charge >= 0.3 is 0 Å². The summed E-state index contributed by atoms with van der Waals surface area (Å²) in [6, 6.07) is 12.4. The highest BCUT2D eigenvalue weighted by molar-refractivity contribution is 5.99. The Bertz CT molecular complexity index is 1670. The van der Waals surface area contributed by atoms with Crippen LogP contribution in [0.2, 0.25) is 0 Å². The third kappa shape index (κ3) is 6.10. The van der Waals surface area contributed by atoms with Gasteiger partial charge in [-0.15, -0.1) is 0 Å². The number of anilines is 2. The van der Waals surface area contributed by atoms with E-state index in [1.165, 1.54) is 18.1 Å². The second-order valence-electron chi connectivity index (χ2n) is 12.2. The average molecular weight is 581 g/mol. The maximum absolute atomic E-state index is 13.5. The molecule has 0 amide bonds. The minimum Gasteiger partial charge on any atom is -0.389 e. The van der Waals surface area contributed by atoms with Gasteiger partial charge in [0.25, 0.3) is 5.56 Å². The molecule has 4 heterocycles. The first-order valence-electron chi connectivity index (χ1n) is 15.4. The number of rotatable bonds is 8. The lowest BCUT2D eigenvalue weighted by Gasteiger charge is -2.32. The number of fused-ring (bicyclic) bond motifs is 1. The van der Waals surface area contributed by atoms with E-state index in [9.17, 15) is 14.7 Å². The Morgan fingerprint density at radius 3 is 2.37 bits per heavy atom. The Morgan fingerprint density at radius 1 is 1.02 bits per heavy atom. The van der Waals surface area contributed by atoms with Crippen molar-refractivity contribution in [2.45, 2.75) is 83.9 Å². The molecule has 1 saturated carbocycles. The summed E-state index contributed by atoms with van der Waals surface area (Å²) in [7, 11) is 0. The number of nitrogens with zero attached hydrogens (tertiary/aromatic N) is 5. The van der Waals surface area contributed by atoms with E-state index >= 15 is 0 Å². The number of nitrogens with one attached hydrogen (secondary N) is 1. The lowest BCUT2D eigenvalue weighted by molar-refractivity contribution is 0.101. The van der Waals surface area contributed by atoms with Crippen molar-refractivity contribution in [3.63, 3.8) is 0 Å². The van der Waals surface area contributed by atoms with E-state index in [0.29, 0.717) is 28.9 Å². The molecule has 43 heavy (non-hydrogen) atoms. The largest absolute Gasteiger partial charge is 0.389 e. The molecule has 0 bridgehead atoms. The molecule has 0 spiro atoms. The van der Waals surface area contributed by atoms with Crippen LogP contribution in [0.4, 0.5) is 11.8 Å². The van der Waals surface area contributed by atoms with Crippen LogP contribution in [0.3, 0.4) is 0 Å². The van der Waals surface area contributed by atoms with Crippen molar-refractivity contribution in [1.29, 1.82) is 0 Å². The normalized spacial score (nSPS) is 17.4. The fourth-order valence-electron chi connectivity index (χ4n) is 6.73. The molecule has 3 aromatic heterocycles. The second-order valence-corrected chi connectivity index (χ2v) is 12.2. The number of aromatic nitrogens is 4. The average Bonchev–Trinajstić information content (AvgIpc) is 3.53. The van der Waals surface area contributed by atoms with Gasteiger partial charge in [0, 0.05) is 30.4 Å². The highest BCUT2D eigenvalue weighted by atomic mass is 16.3. The van der Waals surface area contributed by atoms with E-state index in [2.05, 4.69) is 38.4 Å². The summed E-state index contributed by atoms with van der Waals surface area (Å²) in [6.07, 6.45) is 9.30. The summed E-state index contributed by atoms with van der Waals surface area (Å²) in [6.45, 7) is 8.02. The molecule has 1 aliphatic heterocycles. The van der Waals surface area contributed by atoms with E-state index in [0.717, 1.165) is 69.1 Å². The first kappa shape index (κ1) is 29.1. The van der Waals surface area contributed by atoms with Crippen LogP contribution in [0.15, 0.2) is 53.6 Å². The van der Waals surface area contributed by atoms with Crippen LogP contribution in [-0.4, -0.2) is 48.4 Å². The topological polar surface area (TPSA) is 113 Å². The molecule has 1 saturated heterocycles. The molecule has 4 aromatic rings. The van der Waals surface area contributed by atoms with Gasteiger partial charge in [0.2, 0.25) is 5.95 Å². The lowest BCUT2D eigenvalue weighted by Crippen LogP contribution is -2.32. The van der Waals surface area contributed by atoms with Gasteiger partial charge in [0.05, 0.1) is 11.7 Å². The Hall–Kier alpha value is -3.95. The standard InChI is InChI=1S/C34H40N6O3/c1-21-29-19-36-34(38-32(29)40(28-6-4-5-7-28)33(43)31(21)23(3)42)37-30-13-12-27(18-35-30)26-14-16-39(17-15-26)20-24-8-10-25(11-9-24)22(2)41/h8-13,18-19,22,26,28,41H,4-7,14-17,20H2,1-3H3,(H,35,36,37,38)/t22-/m1/s1. The first-order chi connectivity index (χ1) is 20.8. The highest BCUT2D eigenvalue weighted by Gasteiger charge is 2.26. The van der Waals surface area contributed by atoms with Crippen molar-refractivity contribution in [3.05, 3.63) is 87.0 Å². The highest BCUT2D eigenvalue weighted by Crippen LogP contribution is 2.32. The fraction of sp³-hybridized carbons (Fsp3) is 0.441. The van der Waals surface area contributed by atoms with Crippen LogP contribution in [0, 0.1) is 6.92 Å². The minimum atomic E-state index is -0.438. The molecule has 1 atom stereocenters. The van der Waals surface area contributed by atoms with Crippen molar-refractivity contribution in [2.24, 2.45) is 0 Å². The maximum Gasteiger partial charge on any atom is 0.263 e. The molecule has 0 radical (unpaired) electrons. The van der Waals surface area contributed by atoms with Crippen LogP contribution in [0.25, 0.3) is 11.0 Å². The van der Waals surface area contributed by atoms with E-state index in [1.807, 2.05) is 24.4 Å². The zero-order valence-electron chi connectivity index (χ0n) is 25.2. The number of hydrogen-bond donors (Lipinski definition) is 2. The Morgan fingerprint density at radius 2 is 1.74 bits per heavy atom. The maximum atomic E-state index is 13.5. The summed E-state index contributed by atoms with van der Waals surface area (Å²) in [5.74, 6) is 1.26. The molecule has 0 unspecified atom stereocenters. The molecule has 1 aliphatic carbocycles. The van der Waals surface area contributed by atoms with Gasteiger partial charge in [-0.1, -0.05) is 43.2 Å². The van der Waals surface area contributed by atoms with Crippen LogP contribution in [0.1, 0.15) is 103 Å². The molecule has 1 aromatic carbocycles.